The Hall–Kier alpha value is -2.87. The lowest BCUT2D eigenvalue weighted by Gasteiger charge is -2.17. The number of hydrogen-bond donors (Lipinski definition) is 2. The number of carbonyl (C=O) groups is 3. The zero-order valence-electron chi connectivity index (χ0n) is 15.4. The summed E-state index contributed by atoms with van der Waals surface area (Å²) in [5.74, 6) is -1.16. The van der Waals surface area contributed by atoms with Gasteiger partial charge in [-0.05, 0) is 38.0 Å². The highest BCUT2D eigenvalue weighted by atomic mass is 32.1. The molecule has 2 amide bonds. The maximum Gasteiger partial charge on any atom is 0.341 e. The number of rotatable bonds is 8. The first-order valence-electron chi connectivity index (χ1n) is 8.51. The van der Waals surface area contributed by atoms with E-state index < -0.39 is 23.9 Å². The normalized spacial score (nSPS) is 11.5. The van der Waals surface area contributed by atoms with Crippen molar-refractivity contribution in [1.82, 2.24) is 0 Å². The Balaban J connectivity index is 2.28. The van der Waals surface area contributed by atoms with Crippen LogP contribution in [0.4, 0.5) is 5.00 Å². The molecule has 1 heterocycles. The third kappa shape index (κ3) is 4.85. The molecular formula is C19H22N2O5S. The Morgan fingerprint density at radius 1 is 1.19 bits per heavy atom. The number of esters is 1. The van der Waals surface area contributed by atoms with E-state index in [4.69, 9.17) is 15.2 Å². The SMILES string of the molecule is CCOC(=O)c1c(NC(=O)C(CC)Oc2ccccc2)sc(C(N)=O)c1C. The molecule has 0 bridgehead atoms. The van der Waals surface area contributed by atoms with E-state index in [1.54, 1.807) is 38.1 Å². The van der Waals surface area contributed by atoms with Gasteiger partial charge in [-0.3, -0.25) is 9.59 Å². The highest BCUT2D eigenvalue weighted by Gasteiger charge is 2.28. The van der Waals surface area contributed by atoms with Crippen LogP contribution in [0.5, 0.6) is 5.75 Å². The zero-order chi connectivity index (χ0) is 20.0. The molecule has 7 nitrogen and oxygen atoms in total. The Morgan fingerprint density at radius 3 is 2.41 bits per heavy atom. The van der Waals surface area contributed by atoms with Crippen LogP contribution >= 0.6 is 11.3 Å². The molecule has 0 fully saturated rings. The third-order valence-corrected chi connectivity index (χ3v) is 4.99. The lowest BCUT2D eigenvalue weighted by atomic mass is 10.1. The second-order valence-corrected chi connectivity index (χ2v) is 6.68. The summed E-state index contributed by atoms with van der Waals surface area (Å²) in [4.78, 5) is 36.8. The van der Waals surface area contributed by atoms with Crippen molar-refractivity contribution in [2.24, 2.45) is 5.73 Å². The van der Waals surface area contributed by atoms with E-state index in [-0.39, 0.29) is 22.0 Å². The fourth-order valence-corrected chi connectivity index (χ4v) is 3.51. The number of primary amides is 1. The predicted octanol–water partition coefficient (Wildman–Crippen LogP) is 3.13. The average Bonchev–Trinajstić information content (AvgIpc) is 2.97. The summed E-state index contributed by atoms with van der Waals surface area (Å²) in [5.41, 5.74) is 5.90. The van der Waals surface area contributed by atoms with E-state index in [0.717, 1.165) is 11.3 Å². The Kier molecular flexibility index (Phi) is 6.95. The summed E-state index contributed by atoms with van der Waals surface area (Å²) in [6.07, 6.45) is -0.343. The number of amides is 2. The van der Waals surface area contributed by atoms with Gasteiger partial charge in [0.05, 0.1) is 17.0 Å². The standard InChI is InChI=1S/C19H22N2O5S/c1-4-13(26-12-9-7-6-8-10-12)17(23)21-18-14(19(24)25-5-2)11(3)15(27-18)16(20)22/h6-10,13H,4-5H2,1-3H3,(H2,20,22)(H,21,23). The molecule has 1 atom stereocenters. The molecule has 8 heteroatoms. The van der Waals surface area contributed by atoms with Gasteiger partial charge < -0.3 is 20.5 Å². The van der Waals surface area contributed by atoms with E-state index in [1.165, 1.54) is 0 Å². The summed E-state index contributed by atoms with van der Waals surface area (Å²) >= 11 is 0.948. The van der Waals surface area contributed by atoms with Crippen LogP contribution in [0.1, 0.15) is 45.9 Å². The van der Waals surface area contributed by atoms with Gasteiger partial charge >= 0.3 is 5.97 Å². The lowest BCUT2D eigenvalue weighted by molar-refractivity contribution is -0.122. The highest BCUT2D eigenvalue weighted by Crippen LogP contribution is 2.33. The minimum atomic E-state index is -0.762. The van der Waals surface area contributed by atoms with E-state index in [1.807, 2.05) is 13.0 Å². The Labute approximate surface area is 161 Å². The van der Waals surface area contributed by atoms with Gasteiger partial charge in [0.15, 0.2) is 6.10 Å². The molecular weight excluding hydrogens is 368 g/mol. The molecule has 1 unspecified atom stereocenters. The van der Waals surface area contributed by atoms with Crippen molar-refractivity contribution >= 4 is 34.1 Å². The van der Waals surface area contributed by atoms with Crippen molar-refractivity contribution in [3.05, 3.63) is 46.3 Å². The van der Waals surface area contributed by atoms with Crippen LogP contribution < -0.4 is 15.8 Å². The number of nitrogens with one attached hydrogen (secondary N) is 1. The van der Waals surface area contributed by atoms with Gasteiger partial charge in [-0.25, -0.2) is 4.79 Å². The minimum absolute atomic E-state index is 0.138. The number of nitrogens with two attached hydrogens (primary N) is 1. The molecule has 0 saturated heterocycles. The fraction of sp³-hybridized carbons (Fsp3) is 0.316. The lowest BCUT2D eigenvalue weighted by Crippen LogP contribution is -2.32. The van der Waals surface area contributed by atoms with E-state index in [0.29, 0.717) is 17.7 Å². The zero-order valence-corrected chi connectivity index (χ0v) is 16.2. The number of benzene rings is 1. The first-order valence-corrected chi connectivity index (χ1v) is 9.33. The molecule has 0 aliphatic heterocycles. The largest absolute Gasteiger partial charge is 0.481 e. The van der Waals surface area contributed by atoms with E-state index in [9.17, 15) is 14.4 Å². The monoisotopic (exact) mass is 390 g/mol. The van der Waals surface area contributed by atoms with Crippen LogP contribution in [-0.2, 0) is 9.53 Å². The smallest absolute Gasteiger partial charge is 0.341 e. The maximum atomic E-state index is 12.7. The van der Waals surface area contributed by atoms with Crippen molar-refractivity contribution in [1.29, 1.82) is 0 Å². The molecule has 3 N–H and O–H groups in total. The second kappa shape index (κ2) is 9.18. The Bertz CT molecular complexity index is 832. The summed E-state index contributed by atoms with van der Waals surface area (Å²) in [7, 11) is 0. The third-order valence-electron chi connectivity index (χ3n) is 3.77. The first-order chi connectivity index (χ1) is 12.9. The van der Waals surface area contributed by atoms with Gasteiger partial charge in [-0.15, -0.1) is 11.3 Å². The molecule has 0 spiro atoms. The van der Waals surface area contributed by atoms with Crippen LogP contribution in [0.2, 0.25) is 0 Å². The minimum Gasteiger partial charge on any atom is -0.481 e. The van der Waals surface area contributed by atoms with Gasteiger partial charge in [0.2, 0.25) is 0 Å². The van der Waals surface area contributed by atoms with E-state index >= 15 is 0 Å². The highest BCUT2D eigenvalue weighted by molar-refractivity contribution is 7.18. The molecule has 0 aliphatic rings. The molecule has 27 heavy (non-hydrogen) atoms. The van der Waals surface area contributed by atoms with Gasteiger partial charge in [-0.1, -0.05) is 25.1 Å². The summed E-state index contributed by atoms with van der Waals surface area (Å²) in [5, 5.41) is 2.91. The average molecular weight is 390 g/mol. The van der Waals surface area contributed by atoms with Crippen LogP contribution in [0.15, 0.2) is 30.3 Å². The maximum absolute atomic E-state index is 12.7. The second-order valence-electron chi connectivity index (χ2n) is 5.66. The number of carbonyl (C=O) groups excluding carboxylic acids is 3. The molecule has 1 aromatic carbocycles. The van der Waals surface area contributed by atoms with Gasteiger partial charge in [0.25, 0.3) is 11.8 Å². The Morgan fingerprint density at radius 2 is 1.85 bits per heavy atom. The molecule has 1 aromatic heterocycles. The van der Waals surface area contributed by atoms with Crippen molar-refractivity contribution in [3.63, 3.8) is 0 Å². The molecule has 144 valence electrons. The number of hydrogen-bond acceptors (Lipinski definition) is 6. The number of para-hydroxylation sites is 1. The van der Waals surface area contributed by atoms with Crippen LogP contribution in [0, 0.1) is 6.92 Å². The molecule has 0 saturated carbocycles. The van der Waals surface area contributed by atoms with Crippen molar-refractivity contribution in [2.45, 2.75) is 33.3 Å². The topological polar surface area (TPSA) is 108 Å². The molecule has 2 rings (SSSR count). The molecule has 2 aromatic rings. The van der Waals surface area contributed by atoms with Gasteiger partial charge in [0.1, 0.15) is 10.8 Å². The quantitative estimate of drug-likeness (QED) is 0.673. The number of ether oxygens (including phenoxy) is 2. The number of thiophene rings is 1. The van der Waals surface area contributed by atoms with Crippen molar-refractivity contribution in [3.8, 4) is 5.75 Å². The van der Waals surface area contributed by atoms with E-state index in [2.05, 4.69) is 5.32 Å². The summed E-state index contributed by atoms with van der Waals surface area (Å²) in [6, 6.07) is 8.96. The van der Waals surface area contributed by atoms with Gasteiger partial charge in [-0.2, -0.15) is 0 Å². The molecule has 0 aliphatic carbocycles. The predicted molar refractivity (Wildman–Crippen MR) is 103 cm³/mol. The van der Waals surface area contributed by atoms with Crippen LogP contribution in [0.25, 0.3) is 0 Å². The van der Waals surface area contributed by atoms with Crippen LogP contribution in [0.3, 0.4) is 0 Å². The van der Waals surface area contributed by atoms with Crippen molar-refractivity contribution in [2.75, 3.05) is 11.9 Å². The van der Waals surface area contributed by atoms with Crippen molar-refractivity contribution < 1.29 is 23.9 Å². The number of anilines is 1. The van der Waals surface area contributed by atoms with Gasteiger partial charge in [0, 0.05) is 0 Å². The fourth-order valence-electron chi connectivity index (χ4n) is 2.46. The summed E-state index contributed by atoms with van der Waals surface area (Å²) in [6.45, 7) is 5.25. The summed E-state index contributed by atoms with van der Waals surface area (Å²) < 4.78 is 10.8. The first kappa shape index (κ1) is 20.4. The van der Waals surface area contributed by atoms with Crippen LogP contribution in [-0.4, -0.2) is 30.5 Å². The molecule has 0 radical (unpaired) electrons.